The first-order chi connectivity index (χ1) is 21.7. The number of aliphatic carboxylic acids is 1. The van der Waals surface area contributed by atoms with Crippen molar-refractivity contribution in [2.24, 2.45) is 11.8 Å². The Hall–Kier alpha value is -4.07. The van der Waals surface area contributed by atoms with Crippen molar-refractivity contribution in [3.05, 3.63) is 41.5 Å². The van der Waals surface area contributed by atoms with Crippen molar-refractivity contribution in [3.8, 4) is 0 Å². The lowest BCUT2D eigenvalue weighted by atomic mass is 10.0. The largest absolute Gasteiger partial charge is 0.481 e. The molecule has 0 saturated heterocycles. The van der Waals surface area contributed by atoms with Gasteiger partial charge in [-0.05, 0) is 55.2 Å². The van der Waals surface area contributed by atoms with Gasteiger partial charge in [0.2, 0.25) is 17.7 Å². The summed E-state index contributed by atoms with van der Waals surface area (Å²) in [5, 5.41) is 19.5. The number of nitrogens with one attached hydrogen (secondary N) is 4. The van der Waals surface area contributed by atoms with Crippen LogP contribution in [0.5, 0.6) is 0 Å². The SMILES string of the molecule is CCOC(=O)/C=C/c1cccc(CCNC(=O)[C@H](CS)NC(=O)[C@H](CC(C)C)NC(=O)[C@H](CCC(=O)O)NC(=O)OCC(C)C)c1. The molecule has 0 spiro atoms. The number of ether oxygens (including phenoxy) is 2. The predicted molar refractivity (Wildman–Crippen MR) is 176 cm³/mol. The van der Waals surface area contributed by atoms with Gasteiger partial charge < -0.3 is 35.8 Å². The van der Waals surface area contributed by atoms with Crippen molar-refractivity contribution in [3.63, 3.8) is 0 Å². The summed E-state index contributed by atoms with van der Waals surface area (Å²) < 4.78 is 9.95. The summed E-state index contributed by atoms with van der Waals surface area (Å²) in [7, 11) is 0. The standard InChI is InChI=1S/C32H48N4O9S/c1-6-44-28(39)13-10-22-8-7-9-23(17-22)14-15-33-29(40)26(19-46)35-31(42)25(16-20(2)3)34-30(41)24(11-12-27(37)38)36-32(43)45-18-21(4)5/h7-10,13,17,20-21,24-26,46H,6,11-12,14-16,18-19H2,1-5H3,(H,33,40)(H,34,41)(H,35,42)(H,36,43)(H,37,38)/b13-10+/t24-,25-,26-/m0/s1. The van der Waals surface area contributed by atoms with Crippen molar-refractivity contribution in [2.75, 3.05) is 25.5 Å². The van der Waals surface area contributed by atoms with Gasteiger partial charge in [0, 0.05) is 24.8 Å². The van der Waals surface area contributed by atoms with Crippen molar-refractivity contribution >= 4 is 54.5 Å². The first kappa shape index (κ1) is 40.0. The van der Waals surface area contributed by atoms with E-state index < -0.39 is 60.3 Å². The highest BCUT2D eigenvalue weighted by atomic mass is 32.1. The van der Waals surface area contributed by atoms with Crippen LogP contribution in [-0.2, 0) is 39.9 Å². The van der Waals surface area contributed by atoms with Crippen molar-refractivity contribution in [2.45, 2.75) is 78.4 Å². The Morgan fingerprint density at radius 1 is 0.891 bits per heavy atom. The van der Waals surface area contributed by atoms with E-state index in [1.807, 2.05) is 52.0 Å². The van der Waals surface area contributed by atoms with E-state index in [1.54, 1.807) is 13.0 Å². The van der Waals surface area contributed by atoms with Gasteiger partial charge in [0.15, 0.2) is 0 Å². The lowest BCUT2D eigenvalue weighted by Crippen LogP contribution is -2.57. The lowest BCUT2D eigenvalue weighted by molar-refractivity contribution is -0.138. The molecule has 5 N–H and O–H groups in total. The molecular formula is C32H48N4O9S. The second-order valence-corrected chi connectivity index (χ2v) is 11.8. The number of benzene rings is 1. The first-order valence-corrected chi connectivity index (χ1v) is 16.0. The third-order valence-electron chi connectivity index (χ3n) is 6.32. The maximum Gasteiger partial charge on any atom is 0.407 e. The Bertz CT molecular complexity index is 1210. The minimum absolute atomic E-state index is 0.0153. The fourth-order valence-electron chi connectivity index (χ4n) is 4.06. The number of hydrogen-bond donors (Lipinski definition) is 6. The van der Waals surface area contributed by atoms with Gasteiger partial charge in [0.25, 0.3) is 0 Å². The molecule has 1 rings (SSSR count). The molecule has 0 aliphatic carbocycles. The Morgan fingerprint density at radius 2 is 1.57 bits per heavy atom. The van der Waals surface area contributed by atoms with Gasteiger partial charge >= 0.3 is 18.0 Å². The van der Waals surface area contributed by atoms with Gasteiger partial charge in [-0.3, -0.25) is 19.2 Å². The fraction of sp³-hybridized carbons (Fsp3) is 0.562. The maximum absolute atomic E-state index is 13.3. The summed E-state index contributed by atoms with van der Waals surface area (Å²) >= 11 is 4.22. The molecule has 0 bridgehead atoms. The number of thiol groups is 1. The number of carboxylic acid groups (broad SMARTS) is 1. The van der Waals surface area contributed by atoms with Crippen LogP contribution >= 0.6 is 12.6 Å². The number of esters is 1. The summed E-state index contributed by atoms with van der Waals surface area (Å²) in [5.41, 5.74) is 1.71. The lowest BCUT2D eigenvalue weighted by Gasteiger charge is -2.25. The van der Waals surface area contributed by atoms with Crippen LogP contribution in [0.2, 0.25) is 0 Å². The van der Waals surface area contributed by atoms with Crippen LogP contribution < -0.4 is 21.3 Å². The van der Waals surface area contributed by atoms with E-state index in [1.165, 1.54) is 6.08 Å². The summed E-state index contributed by atoms with van der Waals surface area (Å²) in [6.07, 6.45) is 2.17. The third-order valence-corrected chi connectivity index (χ3v) is 6.69. The maximum atomic E-state index is 13.3. The third kappa shape index (κ3) is 16.8. The molecule has 0 aliphatic heterocycles. The molecule has 0 saturated carbocycles. The Balaban J connectivity index is 2.85. The molecule has 0 aromatic heterocycles. The zero-order valence-corrected chi connectivity index (χ0v) is 28.1. The molecule has 1 aromatic carbocycles. The highest BCUT2D eigenvalue weighted by Crippen LogP contribution is 2.10. The van der Waals surface area contributed by atoms with E-state index in [-0.39, 0.29) is 50.2 Å². The van der Waals surface area contributed by atoms with E-state index in [0.717, 1.165) is 11.1 Å². The van der Waals surface area contributed by atoms with Gasteiger partial charge in [0.1, 0.15) is 18.1 Å². The number of carbonyl (C=O) groups is 6. The van der Waals surface area contributed by atoms with E-state index in [0.29, 0.717) is 6.42 Å². The minimum Gasteiger partial charge on any atom is -0.481 e. The number of rotatable bonds is 20. The van der Waals surface area contributed by atoms with Crippen LogP contribution in [0.3, 0.4) is 0 Å². The molecule has 0 radical (unpaired) electrons. The molecule has 46 heavy (non-hydrogen) atoms. The van der Waals surface area contributed by atoms with Gasteiger partial charge in [-0.25, -0.2) is 9.59 Å². The molecule has 256 valence electrons. The predicted octanol–water partition coefficient (Wildman–Crippen LogP) is 2.48. The molecule has 0 aliphatic rings. The molecule has 3 atom stereocenters. The number of carbonyl (C=O) groups excluding carboxylic acids is 5. The monoisotopic (exact) mass is 664 g/mol. The van der Waals surface area contributed by atoms with Crippen LogP contribution in [0.25, 0.3) is 6.08 Å². The van der Waals surface area contributed by atoms with Crippen LogP contribution in [0.4, 0.5) is 4.79 Å². The Morgan fingerprint density at radius 3 is 2.17 bits per heavy atom. The van der Waals surface area contributed by atoms with E-state index in [2.05, 4.69) is 33.9 Å². The summed E-state index contributed by atoms with van der Waals surface area (Å²) in [6.45, 7) is 9.75. The minimum atomic E-state index is -1.26. The van der Waals surface area contributed by atoms with Crippen LogP contribution in [-0.4, -0.2) is 84.5 Å². The molecule has 14 heteroatoms. The average Bonchev–Trinajstić information content (AvgIpc) is 2.99. The summed E-state index contributed by atoms with van der Waals surface area (Å²) in [4.78, 5) is 74.3. The molecule has 0 fully saturated rings. The molecule has 0 unspecified atom stereocenters. The van der Waals surface area contributed by atoms with Gasteiger partial charge in [-0.2, -0.15) is 12.6 Å². The van der Waals surface area contributed by atoms with Gasteiger partial charge in [-0.1, -0.05) is 52.0 Å². The van der Waals surface area contributed by atoms with E-state index in [4.69, 9.17) is 14.6 Å². The highest BCUT2D eigenvalue weighted by Gasteiger charge is 2.30. The van der Waals surface area contributed by atoms with E-state index >= 15 is 0 Å². The smallest absolute Gasteiger partial charge is 0.407 e. The molecule has 4 amide bonds. The van der Waals surface area contributed by atoms with Crippen molar-refractivity contribution in [1.29, 1.82) is 0 Å². The van der Waals surface area contributed by atoms with Crippen LogP contribution in [0, 0.1) is 11.8 Å². The zero-order valence-electron chi connectivity index (χ0n) is 27.2. The second kappa shape index (κ2) is 21.6. The quantitative estimate of drug-likeness (QED) is 0.0691. The highest BCUT2D eigenvalue weighted by molar-refractivity contribution is 7.80. The first-order valence-electron chi connectivity index (χ1n) is 15.3. The van der Waals surface area contributed by atoms with Gasteiger partial charge in [0.05, 0.1) is 13.2 Å². The van der Waals surface area contributed by atoms with Crippen LogP contribution in [0.15, 0.2) is 30.3 Å². The number of carboxylic acids is 1. The molecule has 0 heterocycles. The number of hydrogen-bond acceptors (Lipinski definition) is 9. The Labute approximate surface area is 276 Å². The van der Waals surface area contributed by atoms with Crippen molar-refractivity contribution in [1.82, 2.24) is 21.3 Å². The molecule has 1 aromatic rings. The molecular weight excluding hydrogens is 616 g/mol. The van der Waals surface area contributed by atoms with Crippen LogP contribution in [0.1, 0.15) is 65.0 Å². The van der Waals surface area contributed by atoms with E-state index in [9.17, 15) is 28.8 Å². The summed E-state index contributed by atoms with van der Waals surface area (Å²) in [5.74, 6) is -3.45. The zero-order chi connectivity index (χ0) is 34.6. The number of alkyl carbamates (subject to hydrolysis) is 1. The molecule has 13 nitrogen and oxygen atoms in total. The fourth-order valence-corrected chi connectivity index (χ4v) is 4.32. The number of amides is 4. The Kier molecular flexibility index (Phi) is 18.8. The van der Waals surface area contributed by atoms with Gasteiger partial charge in [-0.15, -0.1) is 0 Å². The normalized spacial score (nSPS) is 13.0. The summed E-state index contributed by atoms with van der Waals surface area (Å²) in [6, 6.07) is 4.08. The second-order valence-electron chi connectivity index (χ2n) is 11.4. The topological polar surface area (TPSA) is 189 Å². The average molecular weight is 665 g/mol. The van der Waals surface area contributed by atoms with Crippen molar-refractivity contribution < 1.29 is 43.3 Å².